The fraction of sp³-hybridized carbons (Fsp3) is 1.00. The van der Waals surface area contributed by atoms with Crippen molar-refractivity contribution in [3.05, 3.63) is 0 Å². The van der Waals surface area contributed by atoms with E-state index in [9.17, 15) is 9.13 Å². The van der Waals surface area contributed by atoms with Gasteiger partial charge in [-0.1, -0.05) is 83.1 Å². The second-order valence-corrected chi connectivity index (χ2v) is 15.0. The molecule has 0 heterocycles. The van der Waals surface area contributed by atoms with E-state index < -0.39 is 15.6 Å². The summed E-state index contributed by atoms with van der Waals surface area (Å²) in [4.78, 5) is 41.2. The first-order valence-electron chi connectivity index (χ1n) is 19.8. The topological polar surface area (TPSA) is 137 Å². The van der Waals surface area contributed by atoms with Gasteiger partial charge >= 0.3 is 15.6 Å². The van der Waals surface area contributed by atoms with Crippen LogP contribution in [0.4, 0.5) is 0 Å². The largest absolute Gasteiger partial charge is 0.478 e. The molecule has 49 heavy (non-hydrogen) atoms. The quantitative estimate of drug-likeness (QED) is 0.0630. The normalized spacial score (nSPS) is 11.3. The predicted molar refractivity (Wildman–Crippen MR) is 214 cm³/mol. The summed E-state index contributed by atoms with van der Waals surface area (Å²) in [5.41, 5.74) is 0. The first-order chi connectivity index (χ1) is 23.1. The number of hydrogen-bond acceptors (Lipinski definition) is 7. The first-order valence-corrected chi connectivity index (χ1v) is 22.9. The van der Waals surface area contributed by atoms with E-state index in [1.165, 1.54) is 156 Å². The Morgan fingerprint density at radius 2 is 0.408 bits per heavy atom. The second-order valence-electron chi connectivity index (χ2n) is 12.4. The van der Waals surface area contributed by atoms with Crippen LogP contribution in [-0.4, -0.2) is 118 Å². The molecule has 0 unspecified atom stereocenters. The lowest BCUT2D eigenvalue weighted by Crippen LogP contribution is -2.26. The number of hydrogen-bond donors (Lipinski definition) is 4. The summed E-state index contributed by atoms with van der Waals surface area (Å²) in [7, 11) is -10.1. The molecule has 0 aliphatic rings. The van der Waals surface area contributed by atoms with Crippen LogP contribution in [0.15, 0.2) is 0 Å². The minimum Gasteiger partial charge on any atom is -0.303 e. The maximum absolute atomic E-state index is 9.63. The van der Waals surface area contributed by atoms with Crippen molar-refractivity contribution < 1.29 is 33.0 Å². The van der Waals surface area contributed by atoms with Crippen LogP contribution >= 0.6 is 15.6 Å². The highest BCUT2D eigenvalue weighted by Crippen LogP contribution is 2.53. The Bertz CT molecular complexity index is 551. The molecule has 304 valence electrons. The molecule has 0 saturated carbocycles. The molecule has 13 heteroatoms. The van der Waals surface area contributed by atoms with E-state index in [0.717, 1.165) is 0 Å². The fourth-order valence-corrected chi connectivity index (χ4v) is 6.38. The standard InChI is InChI=1S/4C9H21N.H4O7P2/c4*1-4-7-10(8-5-2)9-6-3;1-8(2,3)7-9(4,5)6/h4*4-9H2,1-3H3;(H2,1,2,3)(H2,4,5,6). The molecule has 11 nitrogen and oxygen atoms in total. The molecule has 0 bridgehead atoms. The zero-order valence-electron chi connectivity index (χ0n) is 34.7. The van der Waals surface area contributed by atoms with Crippen LogP contribution in [0.2, 0.25) is 0 Å². The van der Waals surface area contributed by atoms with Gasteiger partial charge in [-0.3, -0.25) is 0 Å². The number of rotatable bonds is 26. The number of nitrogens with zero attached hydrogens (tertiary/aromatic N) is 4. The zero-order valence-corrected chi connectivity index (χ0v) is 36.5. The van der Waals surface area contributed by atoms with E-state index >= 15 is 0 Å². The van der Waals surface area contributed by atoms with E-state index in [4.69, 9.17) is 19.6 Å². The second kappa shape index (κ2) is 44.3. The summed E-state index contributed by atoms with van der Waals surface area (Å²) >= 11 is 0. The SMILES string of the molecule is CCCN(CCC)CCC.CCCN(CCC)CCC.CCCN(CCC)CCC.CCCN(CCC)CCC.O=P(O)(O)OP(=O)(O)O. The summed E-state index contributed by atoms with van der Waals surface area (Å²) in [5, 5.41) is 0. The van der Waals surface area contributed by atoms with Crippen molar-refractivity contribution in [1.82, 2.24) is 19.6 Å². The summed E-state index contributed by atoms with van der Waals surface area (Å²) in [6.07, 6.45) is 15.5. The van der Waals surface area contributed by atoms with Crippen LogP contribution in [-0.2, 0) is 13.4 Å². The van der Waals surface area contributed by atoms with Crippen molar-refractivity contribution in [2.75, 3.05) is 78.5 Å². The Hall–Kier alpha value is 0.100. The zero-order chi connectivity index (χ0) is 39.0. The van der Waals surface area contributed by atoms with Gasteiger partial charge in [0.25, 0.3) is 0 Å². The van der Waals surface area contributed by atoms with Gasteiger partial charge in [0.2, 0.25) is 0 Å². The van der Waals surface area contributed by atoms with Crippen LogP contribution < -0.4 is 0 Å². The fourth-order valence-electron chi connectivity index (χ4n) is 5.27. The van der Waals surface area contributed by atoms with Crippen LogP contribution in [0.3, 0.4) is 0 Å². The molecule has 0 radical (unpaired) electrons. The molecule has 0 atom stereocenters. The molecule has 0 spiro atoms. The molecular formula is C36H88N4O7P2. The summed E-state index contributed by atoms with van der Waals surface area (Å²) in [5.74, 6) is 0. The van der Waals surface area contributed by atoms with Gasteiger partial charge < -0.3 is 39.2 Å². The highest BCUT2D eigenvalue weighted by molar-refractivity contribution is 7.60. The molecule has 0 aliphatic heterocycles. The van der Waals surface area contributed by atoms with E-state index in [0.29, 0.717) is 0 Å². The molecule has 0 fully saturated rings. The number of phosphoric acid groups is 2. The van der Waals surface area contributed by atoms with Gasteiger partial charge in [-0.25, -0.2) is 9.13 Å². The molecular weight excluding hydrogens is 662 g/mol. The smallest absolute Gasteiger partial charge is 0.303 e. The average molecular weight is 751 g/mol. The summed E-state index contributed by atoms with van der Waals surface area (Å²) < 4.78 is 22.2. The van der Waals surface area contributed by atoms with Crippen molar-refractivity contribution in [3.8, 4) is 0 Å². The van der Waals surface area contributed by atoms with Crippen molar-refractivity contribution in [3.63, 3.8) is 0 Å². The van der Waals surface area contributed by atoms with Gasteiger partial charge in [-0.15, -0.1) is 0 Å². The molecule has 0 amide bonds. The van der Waals surface area contributed by atoms with E-state index in [2.05, 4.69) is 107 Å². The van der Waals surface area contributed by atoms with Gasteiger partial charge in [0, 0.05) is 0 Å². The van der Waals surface area contributed by atoms with Gasteiger partial charge in [-0.05, 0) is 156 Å². The molecule has 0 aromatic rings. The molecule has 0 aliphatic carbocycles. The Labute approximate surface area is 306 Å². The maximum Gasteiger partial charge on any atom is 0.478 e. The lowest BCUT2D eigenvalue weighted by Gasteiger charge is -2.19. The predicted octanol–water partition coefficient (Wildman–Crippen LogP) is 9.26. The third-order valence-electron chi connectivity index (χ3n) is 6.69. The van der Waals surface area contributed by atoms with Crippen molar-refractivity contribution in [2.24, 2.45) is 0 Å². The van der Waals surface area contributed by atoms with Crippen LogP contribution in [0, 0.1) is 0 Å². The lowest BCUT2D eigenvalue weighted by molar-refractivity contribution is 0.225. The Balaban J connectivity index is -0.000000165. The minimum atomic E-state index is -5.05. The average Bonchev–Trinajstić information content (AvgIpc) is 2.98. The third kappa shape index (κ3) is 57.7. The molecule has 4 N–H and O–H groups in total. The molecule has 0 rings (SSSR count). The van der Waals surface area contributed by atoms with Crippen molar-refractivity contribution in [2.45, 2.75) is 160 Å². The lowest BCUT2D eigenvalue weighted by atomic mass is 10.3. The Kier molecular flexibility index (Phi) is 52.8. The summed E-state index contributed by atoms with van der Waals surface area (Å²) in [6.45, 7) is 42.3. The third-order valence-corrected chi connectivity index (χ3v) is 8.39. The van der Waals surface area contributed by atoms with Crippen LogP contribution in [0.5, 0.6) is 0 Å². The van der Waals surface area contributed by atoms with Gasteiger partial charge in [0.05, 0.1) is 0 Å². The van der Waals surface area contributed by atoms with Crippen LogP contribution in [0.1, 0.15) is 160 Å². The van der Waals surface area contributed by atoms with E-state index in [1.807, 2.05) is 0 Å². The minimum absolute atomic E-state index is 1.28. The molecule has 0 aromatic heterocycles. The Morgan fingerprint density at radius 3 is 0.449 bits per heavy atom. The highest BCUT2D eigenvalue weighted by Gasteiger charge is 2.28. The van der Waals surface area contributed by atoms with Crippen molar-refractivity contribution in [1.29, 1.82) is 0 Å². The van der Waals surface area contributed by atoms with E-state index in [-0.39, 0.29) is 0 Å². The van der Waals surface area contributed by atoms with E-state index in [1.54, 1.807) is 0 Å². The monoisotopic (exact) mass is 751 g/mol. The highest BCUT2D eigenvalue weighted by atomic mass is 31.3. The first kappa shape index (κ1) is 58.4. The molecule has 0 aromatic carbocycles. The van der Waals surface area contributed by atoms with Crippen molar-refractivity contribution >= 4 is 15.6 Å². The summed E-state index contributed by atoms with van der Waals surface area (Å²) in [6, 6.07) is 0. The van der Waals surface area contributed by atoms with Gasteiger partial charge in [-0.2, -0.15) is 4.31 Å². The van der Waals surface area contributed by atoms with Gasteiger partial charge in [0.1, 0.15) is 0 Å². The Morgan fingerprint density at radius 1 is 0.306 bits per heavy atom. The molecule has 0 saturated heterocycles. The van der Waals surface area contributed by atoms with Gasteiger partial charge in [0.15, 0.2) is 0 Å². The van der Waals surface area contributed by atoms with Crippen LogP contribution in [0.25, 0.3) is 0 Å². The maximum atomic E-state index is 9.63.